The van der Waals surface area contributed by atoms with Gasteiger partial charge in [0, 0.05) is 12.4 Å². The lowest BCUT2D eigenvalue weighted by molar-refractivity contribution is 0.0682. The molecule has 2 aromatic heterocycles. The second-order valence-electron chi connectivity index (χ2n) is 2.64. The topological polar surface area (TPSA) is 67.5 Å². The summed E-state index contributed by atoms with van der Waals surface area (Å²) in [6.07, 6.45) is 3.24. The molecule has 2 aromatic rings. The lowest BCUT2D eigenvalue weighted by Crippen LogP contribution is -2.03. The summed E-state index contributed by atoms with van der Waals surface area (Å²) in [4.78, 5) is 18.6. The largest absolute Gasteiger partial charge is 0.475 e. The molecule has 0 atom stereocenters. The Morgan fingerprint density at radius 1 is 1.62 bits per heavy atom. The molecule has 0 amide bonds. The van der Waals surface area contributed by atoms with E-state index in [2.05, 4.69) is 9.97 Å². The van der Waals surface area contributed by atoms with Crippen molar-refractivity contribution in [1.29, 1.82) is 0 Å². The molecule has 0 aliphatic rings. The number of hydrogen-bond acceptors (Lipinski definition) is 3. The van der Waals surface area contributed by atoms with E-state index in [-0.39, 0.29) is 5.82 Å². The van der Waals surface area contributed by atoms with Crippen LogP contribution in [0.2, 0.25) is 0 Å². The molecule has 0 aliphatic carbocycles. The summed E-state index contributed by atoms with van der Waals surface area (Å²) in [5, 5.41) is 8.79. The smallest absolute Gasteiger partial charge is 0.372 e. The lowest BCUT2D eigenvalue weighted by Gasteiger charge is -1.93. The summed E-state index contributed by atoms with van der Waals surface area (Å²) in [5.41, 5.74) is 1.21. The summed E-state index contributed by atoms with van der Waals surface area (Å²) >= 11 is 0. The fourth-order valence-corrected chi connectivity index (χ4v) is 1.22. The molecule has 5 heteroatoms. The molecule has 2 rings (SSSR count). The molecule has 0 unspecified atom stereocenters. The molecule has 0 bridgehead atoms. The van der Waals surface area contributed by atoms with Gasteiger partial charge in [-0.05, 0) is 13.0 Å². The quantitative estimate of drug-likeness (QED) is 0.697. The number of aromatic carboxylic acids is 1. The number of aromatic nitrogens is 3. The molecule has 13 heavy (non-hydrogen) atoms. The molecule has 5 nitrogen and oxygen atoms in total. The van der Waals surface area contributed by atoms with Crippen molar-refractivity contribution in [3.8, 4) is 0 Å². The second kappa shape index (κ2) is 2.55. The third-order valence-electron chi connectivity index (χ3n) is 1.76. The van der Waals surface area contributed by atoms with Gasteiger partial charge in [0.2, 0.25) is 5.82 Å². The van der Waals surface area contributed by atoms with E-state index in [1.165, 1.54) is 4.40 Å². The van der Waals surface area contributed by atoms with Gasteiger partial charge in [-0.3, -0.25) is 4.40 Å². The summed E-state index contributed by atoms with van der Waals surface area (Å²) in [5.74, 6) is -1.04. The lowest BCUT2D eigenvalue weighted by atomic mass is 10.5. The number of fused-ring (bicyclic) bond motifs is 1. The van der Waals surface area contributed by atoms with Crippen molar-refractivity contribution in [2.24, 2.45) is 0 Å². The minimum atomic E-state index is -1.05. The van der Waals surface area contributed by atoms with Gasteiger partial charge in [-0.2, -0.15) is 0 Å². The highest BCUT2D eigenvalue weighted by atomic mass is 16.4. The minimum absolute atomic E-state index is 0.000556. The fraction of sp³-hybridized carbons (Fsp3) is 0.125. The van der Waals surface area contributed by atoms with Crippen LogP contribution >= 0.6 is 0 Å². The summed E-state index contributed by atoms with van der Waals surface area (Å²) in [6, 6.07) is 1.67. The van der Waals surface area contributed by atoms with E-state index in [0.717, 1.165) is 0 Å². The van der Waals surface area contributed by atoms with E-state index in [0.29, 0.717) is 11.3 Å². The fourth-order valence-electron chi connectivity index (χ4n) is 1.22. The van der Waals surface area contributed by atoms with Gasteiger partial charge < -0.3 is 5.11 Å². The third-order valence-corrected chi connectivity index (χ3v) is 1.76. The first-order chi connectivity index (χ1) is 6.20. The molecule has 1 N–H and O–H groups in total. The van der Waals surface area contributed by atoms with Crippen LogP contribution in [0.15, 0.2) is 18.5 Å². The summed E-state index contributed by atoms with van der Waals surface area (Å²) in [7, 11) is 0. The van der Waals surface area contributed by atoms with Gasteiger partial charge in [-0.25, -0.2) is 14.8 Å². The Morgan fingerprint density at radius 2 is 2.38 bits per heavy atom. The van der Waals surface area contributed by atoms with Crippen LogP contribution in [0, 0.1) is 6.92 Å². The van der Waals surface area contributed by atoms with Gasteiger partial charge in [0.25, 0.3) is 0 Å². The van der Waals surface area contributed by atoms with Gasteiger partial charge >= 0.3 is 5.97 Å². The van der Waals surface area contributed by atoms with Crippen LogP contribution < -0.4 is 0 Å². The maximum Gasteiger partial charge on any atom is 0.372 e. The number of hydrogen-bond donors (Lipinski definition) is 1. The van der Waals surface area contributed by atoms with Gasteiger partial charge in [-0.1, -0.05) is 0 Å². The van der Waals surface area contributed by atoms with Crippen molar-refractivity contribution >= 4 is 11.6 Å². The predicted molar refractivity (Wildman–Crippen MR) is 44.7 cm³/mol. The zero-order valence-electron chi connectivity index (χ0n) is 6.93. The van der Waals surface area contributed by atoms with Crippen molar-refractivity contribution < 1.29 is 9.90 Å². The molecule has 0 aromatic carbocycles. The SMILES string of the molecule is Cc1nc(C(=O)O)n2cccnc12. The summed E-state index contributed by atoms with van der Waals surface area (Å²) < 4.78 is 1.46. The molecule has 0 aliphatic heterocycles. The monoisotopic (exact) mass is 177 g/mol. The number of imidazole rings is 1. The molecular weight excluding hydrogens is 170 g/mol. The zero-order valence-corrected chi connectivity index (χ0v) is 6.93. The van der Waals surface area contributed by atoms with Gasteiger partial charge in [0.1, 0.15) is 0 Å². The Morgan fingerprint density at radius 3 is 3.08 bits per heavy atom. The standard InChI is InChI=1S/C8H7N3O2/c1-5-6-9-3-2-4-11(6)7(10-5)8(12)13/h2-4H,1H3,(H,12,13). The Kier molecular flexibility index (Phi) is 1.51. The normalized spacial score (nSPS) is 10.5. The Hall–Kier alpha value is -1.91. The number of carboxylic acid groups (broad SMARTS) is 1. The van der Waals surface area contributed by atoms with E-state index in [1.54, 1.807) is 25.4 Å². The first-order valence-corrected chi connectivity index (χ1v) is 3.73. The highest BCUT2D eigenvalue weighted by Gasteiger charge is 2.13. The third kappa shape index (κ3) is 1.05. The van der Waals surface area contributed by atoms with Crippen molar-refractivity contribution in [1.82, 2.24) is 14.4 Å². The van der Waals surface area contributed by atoms with Crippen molar-refractivity contribution in [2.75, 3.05) is 0 Å². The van der Waals surface area contributed by atoms with E-state index < -0.39 is 5.97 Å². The van der Waals surface area contributed by atoms with Crippen LogP contribution in [0.1, 0.15) is 16.3 Å². The van der Waals surface area contributed by atoms with Crippen LogP contribution in [0.4, 0.5) is 0 Å². The van der Waals surface area contributed by atoms with E-state index in [4.69, 9.17) is 5.11 Å². The maximum absolute atomic E-state index is 10.7. The van der Waals surface area contributed by atoms with E-state index in [9.17, 15) is 4.79 Å². The highest BCUT2D eigenvalue weighted by Crippen LogP contribution is 2.08. The number of rotatable bonds is 1. The number of aryl methyl sites for hydroxylation is 1. The number of carbonyl (C=O) groups is 1. The first kappa shape index (κ1) is 7.72. The summed E-state index contributed by atoms with van der Waals surface area (Å²) in [6.45, 7) is 1.73. The van der Waals surface area contributed by atoms with E-state index in [1.807, 2.05) is 0 Å². The van der Waals surface area contributed by atoms with Crippen LogP contribution in [-0.4, -0.2) is 25.4 Å². The average Bonchev–Trinajstić information content (AvgIpc) is 2.45. The Labute approximate surface area is 73.7 Å². The molecule has 0 radical (unpaired) electrons. The van der Waals surface area contributed by atoms with Crippen LogP contribution in [-0.2, 0) is 0 Å². The number of carboxylic acids is 1. The predicted octanol–water partition coefficient (Wildman–Crippen LogP) is 0.736. The molecule has 2 heterocycles. The molecule has 0 saturated carbocycles. The van der Waals surface area contributed by atoms with Gasteiger partial charge in [0.15, 0.2) is 5.65 Å². The van der Waals surface area contributed by atoms with Crippen molar-refractivity contribution in [3.05, 3.63) is 30.0 Å². The van der Waals surface area contributed by atoms with Crippen LogP contribution in [0.5, 0.6) is 0 Å². The van der Waals surface area contributed by atoms with Crippen molar-refractivity contribution in [2.45, 2.75) is 6.92 Å². The van der Waals surface area contributed by atoms with Gasteiger partial charge in [0.05, 0.1) is 5.69 Å². The molecular formula is C8H7N3O2. The Bertz CT molecular complexity index is 475. The van der Waals surface area contributed by atoms with E-state index >= 15 is 0 Å². The average molecular weight is 177 g/mol. The maximum atomic E-state index is 10.7. The van der Waals surface area contributed by atoms with Crippen LogP contribution in [0.25, 0.3) is 5.65 Å². The highest BCUT2D eigenvalue weighted by molar-refractivity contribution is 5.85. The van der Waals surface area contributed by atoms with Crippen LogP contribution in [0.3, 0.4) is 0 Å². The zero-order chi connectivity index (χ0) is 9.42. The molecule has 0 fully saturated rings. The Balaban J connectivity index is 2.85. The molecule has 66 valence electrons. The number of nitrogens with zero attached hydrogens (tertiary/aromatic N) is 3. The van der Waals surface area contributed by atoms with Crippen molar-refractivity contribution in [3.63, 3.8) is 0 Å². The molecule has 0 saturated heterocycles. The second-order valence-corrected chi connectivity index (χ2v) is 2.64. The van der Waals surface area contributed by atoms with Gasteiger partial charge in [-0.15, -0.1) is 0 Å². The minimum Gasteiger partial charge on any atom is -0.475 e. The first-order valence-electron chi connectivity index (χ1n) is 3.73. The molecule has 0 spiro atoms.